The predicted octanol–water partition coefficient (Wildman–Crippen LogP) is 0.892. The average Bonchev–Trinajstić information content (AvgIpc) is 2.11. The van der Waals surface area contributed by atoms with E-state index in [9.17, 15) is 0 Å². The van der Waals surface area contributed by atoms with Gasteiger partial charge in [0.05, 0.1) is 0 Å². The van der Waals surface area contributed by atoms with Crippen molar-refractivity contribution in [3.05, 3.63) is 30.0 Å². The lowest BCUT2D eigenvalue weighted by molar-refractivity contribution is 1.21. The molecule has 0 aliphatic heterocycles. The summed E-state index contributed by atoms with van der Waals surface area (Å²) < 4.78 is 0. The Labute approximate surface area is 76.5 Å². The van der Waals surface area contributed by atoms with Crippen LogP contribution in [0.4, 0.5) is 11.4 Å². The van der Waals surface area contributed by atoms with Crippen LogP contribution in [0, 0.1) is 11.5 Å². The number of nitrogen functional groups attached to an aromatic ring is 2. The molecule has 0 aromatic heterocycles. The lowest BCUT2D eigenvalue weighted by atomic mass is 10.1. The van der Waals surface area contributed by atoms with Gasteiger partial charge in [-0.25, -0.2) is 0 Å². The molecule has 0 aliphatic carbocycles. The molecule has 0 aliphatic rings. The predicted molar refractivity (Wildman–Crippen MR) is 53.0 cm³/mol. The van der Waals surface area contributed by atoms with Gasteiger partial charge >= 0.3 is 0 Å². The van der Waals surface area contributed by atoms with Crippen molar-refractivity contribution >= 4 is 17.5 Å². The molecule has 0 bridgehead atoms. The van der Waals surface area contributed by atoms with Crippen molar-refractivity contribution in [1.29, 1.82) is 5.26 Å². The third-order valence-electron chi connectivity index (χ3n) is 1.52. The second-order valence-electron chi connectivity index (χ2n) is 2.48. The highest BCUT2D eigenvalue weighted by atomic mass is 14.8. The molecule has 1 rings (SSSR count). The number of benzene rings is 1. The molecular weight excluding hydrogens is 164 g/mol. The highest BCUT2D eigenvalue weighted by molar-refractivity contribution is 5.68. The largest absolute Gasteiger partial charge is 0.399 e. The average molecular weight is 174 g/mol. The van der Waals surface area contributed by atoms with Gasteiger partial charge in [-0.3, -0.25) is 5.32 Å². The molecule has 0 fully saturated rings. The first-order chi connectivity index (χ1) is 6.24. The van der Waals surface area contributed by atoms with Crippen LogP contribution in [-0.4, -0.2) is 0 Å². The summed E-state index contributed by atoms with van der Waals surface area (Å²) in [5, 5.41) is 10.6. The number of nitrogens with one attached hydrogen (secondary N) is 1. The summed E-state index contributed by atoms with van der Waals surface area (Å²) in [5.74, 6) is 0. The number of nitrogens with two attached hydrogens (primary N) is 2. The minimum atomic E-state index is 0.630. The molecule has 1 aromatic rings. The first kappa shape index (κ1) is 8.94. The fourth-order valence-corrected chi connectivity index (χ4v) is 0.906. The Balaban J connectivity index is 2.88. The zero-order valence-corrected chi connectivity index (χ0v) is 6.99. The molecule has 0 atom stereocenters. The Kier molecular flexibility index (Phi) is 2.77. The Morgan fingerprint density at radius 1 is 1.38 bits per heavy atom. The highest BCUT2D eigenvalue weighted by Crippen LogP contribution is 2.16. The molecule has 1 aromatic carbocycles. The standard InChI is InChI=1S/C9H10N4/c10-6-13-4-3-7-5-8(11)1-2-9(7)12/h1-5,13H,11-12H2/b4-3-. The number of hydrogen-bond acceptors (Lipinski definition) is 4. The van der Waals surface area contributed by atoms with Crippen molar-refractivity contribution in [1.82, 2.24) is 5.32 Å². The van der Waals surface area contributed by atoms with Crippen LogP contribution in [0.1, 0.15) is 5.56 Å². The summed E-state index contributed by atoms with van der Waals surface area (Å²) in [6, 6.07) is 5.19. The molecule has 66 valence electrons. The maximum Gasteiger partial charge on any atom is 0.180 e. The number of hydrogen-bond donors (Lipinski definition) is 3. The smallest absolute Gasteiger partial charge is 0.180 e. The van der Waals surface area contributed by atoms with Crippen LogP contribution in [0.2, 0.25) is 0 Å². The van der Waals surface area contributed by atoms with E-state index in [1.165, 1.54) is 6.20 Å². The van der Waals surface area contributed by atoms with E-state index in [4.69, 9.17) is 16.7 Å². The van der Waals surface area contributed by atoms with Crippen LogP contribution in [0.5, 0.6) is 0 Å². The summed E-state index contributed by atoms with van der Waals surface area (Å²) in [6.07, 6.45) is 4.96. The van der Waals surface area contributed by atoms with Gasteiger partial charge in [-0.1, -0.05) is 0 Å². The molecule has 0 unspecified atom stereocenters. The molecule has 4 heteroatoms. The zero-order chi connectivity index (χ0) is 9.68. The van der Waals surface area contributed by atoms with Gasteiger partial charge in [0.2, 0.25) is 0 Å². The number of anilines is 2. The van der Waals surface area contributed by atoms with Crippen molar-refractivity contribution in [3.8, 4) is 6.19 Å². The molecule has 0 radical (unpaired) electrons. The van der Waals surface area contributed by atoms with Crippen molar-refractivity contribution in [2.75, 3.05) is 11.5 Å². The maximum absolute atomic E-state index is 8.20. The molecule has 4 nitrogen and oxygen atoms in total. The van der Waals surface area contributed by atoms with Gasteiger partial charge in [-0.2, -0.15) is 5.26 Å². The molecule has 0 saturated carbocycles. The van der Waals surface area contributed by atoms with Gasteiger partial charge in [-0.05, 0) is 24.3 Å². The molecule has 0 saturated heterocycles. The molecule has 5 N–H and O–H groups in total. The highest BCUT2D eigenvalue weighted by Gasteiger charge is 1.94. The second kappa shape index (κ2) is 4.02. The van der Waals surface area contributed by atoms with Gasteiger partial charge in [-0.15, -0.1) is 0 Å². The Morgan fingerprint density at radius 2 is 2.15 bits per heavy atom. The quantitative estimate of drug-likeness (QED) is 0.353. The summed E-state index contributed by atoms with van der Waals surface area (Å²) in [4.78, 5) is 0. The first-order valence-electron chi connectivity index (χ1n) is 3.70. The van der Waals surface area contributed by atoms with Gasteiger partial charge in [0.1, 0.15) is 0 Å². The van der Waals surface area contributed by atoms with Crippen LogP contribution in [-0.2, 0) is 0 Å². The fourth-order valence-electron chi connectivity index (χ4n) is 0.906. The number of nitrogens with zero attached hydrogens (tertiary/aromatic N) is 1. The lowest BCUT2D eigenvalue weighted by Gasteiger charge is -2.00. The van der Waals surface area contributed by atoms with E-state index in [1.54, 1.807) is 30.5 Å². The van der Waals surface area contributed by atoms with Crippen molar-refractivity contribution < 1.29 is 0 Å². The monoisotopic (exact) mass is 174 g/mol. The molecule has 0 heterocycles. The summed E-state index contributed by atoms with van der Waals surface area (Å²) in [6.45, 7) is 0. The Bertz CT molecular complexity index is 362. The number of nitriles is 1. The van der Waals surface area contributed by atoms with E-state index in [0.29, 0.717) is 11.4 Å². The second-order valence-corrected chi connectivity index (χ2v) is 2.48. The SMILES string of the molecule is N#CN/C=C\c1cc(N)ccc1N. The van der Waals surface area contributed by atoms with E-state index >= 15 is 0 Å². The normalized spacial score (nSPS) is 9.77. The van der Waals surface area contributed by atoms with Crippen molar-refractivity contribution in [2.24, 2.45) is 0 Å². The Hall–Kier alpha value is -2.15. The maximum atomic E-state index is 8.20. The number of rotatable bonds is 2. The topological polar surface area (TPSA) is 87.9 Å². The van der Waals surface area contributed by atoms with Crippen LogP contribution >= 0.6 is 0 Å². The van der Waals surface area contributed by atoms with Crippen LogP contribution in [0.3, 0.4) is 0 Å². The van der Waals surface area contributed by atoms with E-state index in [-0.39, 0.29) is 0 Å². The minimum Gasteiger partial charge on any atom is -0.399 e. The minimum absolute atomic E-state index is 0.630. The van der Waals surface area contributed by atoms with Crippen molar-refractivity contribution in [3.63, 3.8) is 0 Å². The third-order valence-corrected chi connectivity index (χ3v) is 1.52. The molecule has 13 heavy (non-hydrogen) atoms. The van der Waals surface area contributed by atoms with E-state index in [2.05, 4.69) is 5.32 Å². The van der Waals surface area contributed by atoms with E-state index in [1.807, 2.05) is 0 Å². The van der Waals surface area contributed by atoms with Gasteiger partial charge in [0, 0.05) is 23.1 Å². The first-order valence-corrected chi connectivity index (χ1v) is 3.70. The van der Waals surface area contributed by atoms with E-state index < -0.39 is 0 Å². The Morgan fingerprint density at radius 3 is 2.85 bits per heavy atom. The van der Waals surface area contributed by atoms with Crippen LogP contribution in [0.15, 0.2) is 24.4 Å². The summed E-state index contributed by atoms with van der Waals surface area (Å²) in [5.41, 5.74) is 13.3. The van der Waals surface area contributed by atoms with E-state index in [0.717, 1.165) is 5.56 Å². The molecule has 0 spiro atoms. The lowest BCUT2D eigenvalue weighted by Crippen LogP contribution is -1.94. The van der Waals surface area contributed by atoms with Gasteiger partial charge in [0.25, 0.3) is 0 Å². The van der Waals surface area contributed by atoms with Crippen LogP contribution in [0.25, 0.3) is 6.08 Å². The fraction of sp³-hybridized carbons (Fsp3) is 0. The van der Waals surface area contributed by atoms with Gasteiger partial charge in [0.15, 0.2) is 6.19 Å². The zero-order valence-electron chi connectivity index (χ0n) is 6.99. The summed E-state index contributed by atoms with van der Waals surface area (Å²) in [7, 11) is 0. The summed E-state index contributed by atoms with van der Waals surface area (Å²) >= 11 is 0. The van der Waals surface area contributed by atoms with Gasteiger partial charge < -0.3 is 11.5 Å². The molecular formula is C9H10N4. The third kappa shape index (κ3) is 2.42. The van der Waals surface area contributed by atoms with Crippen molar-refractivity contribution in [2.45, 2.75) is 0 Å². The molecule has 0 amide bonds. The van der Waals surface area contributed by atoms with Crippen LogP contribution < -0.4 is 16.8 Å².